The standard InChI is InChI=1S/C25H37N3O7.C4H10N2O.C3H8N2O.C2H6N2O.2CH3N.3CH2O.CH4/c1-4-5-6-12-28-20(29)9-8-13-33-25-23-18(14-19(27)24(25)32-3)17(15-22(31)35-23)16(2)34-21(30)10-7-11-26;5-3-1-2-4(6)7;4-2-1-3(5)6;3-1-2(4)5;5*1-2;/h14-16H,4-13,26-27H2,1-3H3,(H,28,29);1-3,5H2,(H2,6,7);1-2,4H2,(H2,5,6);1,3H2,(H2,4,5);2*2H,1H2;3*1H2;1H4. The number of carbonyl (C=O) groups is 8. The number of methoxy groups -OCH3 is 1. The number of ether oxygens (including phenoxy) is 3. The van der Waals surface area contributed by atoms with Gasteiger partial charge in [0.15, 0.2) is 11.3 Å². The van der Waals surface area contributed by atoms with Crippen LogP contribution < -0.4 is 66.3 Å². The third kappa shape index (κ3) is 43.5. The van der Waals surface area contributed by atoms with E-state index in [4.69, 9.17) is 78.2 Å². The van der Waals surface area contributed by atoms with Gasteiger partial charge in [0, 0.05) is 55.8 Å². The molecule has 24 heteroatoms. The van der Waals surface area contributed by atoms with E-state index in [2.05, 4.69) is 37.1 Å². The zero-order valence-electron chi connectivity index (χ0n) is 37.0. The summed E-state index contributed by atoms with van der Waals surface area (Å²) in [6.45, 7) is 16.8. The summed E-state index contributed by atoms with van der Waals surface area (Å²) in [5.41, 5.74) is 40.5. The van der Waals surface area contributed by atoms with E-state index in [1.54, 1.807) is 13.0 Å². The number of unbranched alkanes of at least 4 members (excludes halogenated alkanes) is 2. The first-order chi connectivity index (χ1) is 30.1. The molecule has 0 aliphatic rings. The van der Waals surface area contributed by atoms with Gasteiger partial charge in [-0.25, -0.2) is 4.79 Å². The summed E-state index contributed by atoms with van der Waals surface area (Å²) in [6, 6.07) is 2.86. The molecule has 0 fully saturated rings. The lowest BCUT2D eigenvalue weighted by molar-refractivity contribution is -0.148. The first-order valence-electron chi connectivity index (χ1n) is 18.9. The largest absolute Gasteiger partial charge is 0.491 e. The predicted octanol–water partition coefficient (Wildman–Crippen LogP) is 0.267. The average molecular weight is 920 g/mol. The number of amides is 4. The minimum Gasteiger partial charge on any atom is -0.491 e. The van der Waals surface area contributed by atoms with E-state index in [9.17, 15) is 28.8 Å². The number of anilines is 1. The third-order valence-corrected chi connectivity index (χ3v) is 6.66. The van der Waals surface area contributed by atoms with Crippen molar-refractivity contribution < 1.29 is 57.0 Å². The Balaban J connectivity index is -0.000000148. The predicted molar refractivity (Wildman–Crippen MR) is 250 cm³/mol. The molecular formula is C40H77N11O13. The number of carbonyl (C=O) groups excluding carboxylic acids is 8. The second-order valence-corrected chi connectivity index (χ2v) is 11.3. The summed E-state index contributed by atoms with van der Waals surface area (Å²) in [5.74, 6) is -1.17. The van der Waals surface area contributed by atoms with E-state index in [1.807, 2.05) is 20.4 Å². The molecule has 0 spiro atoms. The topological polar surface area (TPSA) is 462 Å². The van der Waals surface area contributed by atoms with Gasteiger partial charge in [-0.05, 0) is 65.2 Å². The van der Waals surface area contributed by atoms with Gasteiger partial charge in [-0.3, -0.25) is 24.0 Å². The Labute approximate surface area is 376 Å². The maximum absolute atomic E-state index is 12.4. The number of hydrogen-bond acceptors (Lipinski definition) is 20. The highest BCUT2D eigenvalue weighted by atomic mass is 16.5. The van der Waals surface area contributed by atoms with Gasteiger partial charge in [-0.15, -0.1) is 0 Å². The monoisotopic (exact) mass is 920 g/mol. The van der Waals surface area contributed by atoms with Crippen LogP contribution >= 0.6 is 0 Å². The molecule has 0 aliphatic heterocycles. The van der Waals surface area contributed by atoms with Crippen LogP contribution in [0.15, 0.2) is 21.3 Å². The average Bonchev–Trinajstić information content (AvgIpc) is 3.29. The van der Waals surface area contributed by atoms with Gasteiger partial charge < -0.3 is 95.0 Å². The number of nitrogen functional groups attached to an aromatic ring is 1. The fraction of sp³-hybridized carbons (Fsp3) is 0.525. The van der Waals surface area contributed by atoms with Gasteiger partial charge in [-0.1, -0.05) is 27.2 Å². The van der Waals surface area contributed by atoms with Crippen molar-refractivity contribution in [2.24, 2.45) is 40.1 Å². The smallest absolute Gasteiger partial charge is 0.336 e. The van der Waals surface area contributed by atoms with Crippen LogP contribution in [0.4, 0.5) is 5.69 Å². The molecule has 2 rings (SSSR count). The second-order valence-electron chi connectivity index (χ2n) is 11.3. The Hall–Kier alpha value is -6.63. The summed E-state index contributed by atoms with van der Waals surface area (Å²) in [7, 11) is 1.43. The number of hydrogen-bond donors (Lipinski definition) is 11. The van der Waals surface area contributed by atoms with E-state index in [0.29, 0.717) is 75.7 Å². The molecule has 0 saturated heterocycles. The van der Waals surface area contributed by atoms with E-state index in [1.165, 1.54) is 13.2 Å². The summed E-state index contributed by atoms with van der Waals surface area (Å²) in [5, 5.41) is 14.3. The zero-order chi connectivity index (χ0) is 50.8. The Kier molecular flexibility index (Phi) is 65.9. The molecule has 1 heterocycles. The van der Waals surface area contributed by atoms with Crippen LogP contribution in [0.1, 0.15) is 97.1 Å². The number of primary amides is 3. The number of benzene rings is 1. The van der Waals surface area contributed by atoms with Crippen LogP contribution in [0.3, 0.4) is 0 Å². The molecule has 0 aliphatic carbocycles. The number of nitrogens with one attached hydrogen (secondary N) is 3. The molecule has 1 unspecified atom stereocenters. The quantitative estimate of drug-likeness (QED) is 0.0263. The SMILES string of the molecule is C.C=N.C=N.C=O.C=O.C=O.CCCCCNC(=O)CCCOc1c(OC)c(N)cc2c(C(C)OC(=O)CCCN)cc(=O)oc12.NCC(N)=O.NCCC(N)=O.NCCCC(N)=O. The van der Waals surface area contributed by atoms with Crippen molar-refractivity contribution in [2.75, 3.05) is 52.2 Å². The molecule has 4 amide bonds. The highest BCUT2D eigenvalue weighted by molar-refractivity contribution is 5.93. The number of esters is 1. The lowest BCUT2D eigenvalue weighted by atomic mass is 10.0. The maximum Gasteiger partial charge on any atom is 0.336 e. The summed E-state index contributed by atoms with van der Waals surface area (Å²) < 4.78 is 22.2. The van der Waals surface area contributed by atoms with E-state index in [0.717, 1.165) is 19.3 Å². The van der Waals surface area contributed by atoms with Crippen LogP contribution in [0.2, 0.25) is 0 Å². The zero-order valence-corrected chi connectivity index (χ0v) is 37.0. The van der Waals surface area contributed by atoms with Crippen molar-refractivity contribution in [2.45, 2.75) is 91.6 Å². The van der Waals surface area contributed by atoms with Crippen molar-refractivity contribution in [3.05, 3.63) is 28.1 Å². The maximum atomic E-state index is 12.4. The summed E-state index contributed by atoms with van der Waals surface area (Å²) >= 11 is 0. The molecule has 0 saturated carbocycles. The Morgan fingerprint density at radius 2 is 1.23 bits per heavy atom. The Bertz CT molecular complexity index is 1540. The first-order valence-corrected chi connectivity index (χ1v) is 18.9. The van der Waals surface area contributed by atoms with Crippen molar-refractivity contribution in [3.8, 4) is 11.5 Å². The van der Waals surface area contributed by atoms with Gasteiger partial charge in [-0.2, -0.15) is 0 Å². The minimum absolute atomic E-state index is 0. The molecule has 24 nitrogen and oxygen atoms in total. The highest BCUT2D eigenvalue weighted by Crippen LogP contribution is 2.42. The third-order valence-electron chi connectivity index (χ3n) is 6.66. The summed E-state index contributed by atoms with van der Waals surface area (Å²) in [4.78, 5) is 89.6. The molecule has 1 aromatic carbocycles. The number of rotatable bonds is 21. The van der Waals surface area contributed by atoms with E-state index < -0.39 is 23.6 Å². The van der Waals surface area contributed by atoms with Gasteiger partial charge in [0.05, 0.1) is 25.9 Å². The molecule has 64 heavy (non-hydrogen) atoms. The summed E-state index contributed by atoms with van der Waals surface area (Å²) in [6.07, 6.45) is 5.21. The van der Waals surface area contributed by atoms with Crippen LogP contribution in [0.25, 0.3) is 11.0 Å². The molecular weight excluding hydrogens is 843 g/mol. The van der Waals surface area contributed by atoms with Crippen LogP contribution in [0, 0.1) is 10.8 Å². The van der Waals surface area contributed by atoms with Crippen molar-refractivity contribution in [3.63, 3.8) is 0 Å². The van der Waals surface area contributed by atoms with Crippen molar-refractivity contribution >= 4 is 80.1 Å². The molecule has 19 N–H and O–H groups in total. The van der Waals surface area contributed by atoms with Gasteiger partial charge in [0.25, 0.3) is 0 Å². The van der Waals surface area contributed by atoms with Crippen LogP contribution in [-0.2, 0) is 43.1 Å². The molecule has 370 valence electrons. The van der Waals surface area contributed by atoms with Crippen LogP contribution in [-0.4, -0.2) is 110 Å². The number of nitrogens with two attached hydrogens (primary N) is 8. The molecule has 0 radical (unpaired) electrons. The van der Waals surface area contributed by atoms with Gasteiger partial charge >= 0.3 is 11.6 Å². The molecule has 1 atom stereocenters. The normalized spacial score (nSPS) is 9.05. The molecule has 0 bridgehead atoms. The van der Waals surface area contributed by atoms with Crippen molar-refractivity contribution in [1.82, 2.24) is 5.32 Å². The molecule has 2 aromatic rings. The van der Waals surface area contributed by atoms with Gasteiger partial charge in [0.2, 0.25) is 29.4 Å². The number of fused-ring (bicyclic) bond motifs is 1. The fourth-order valence-electron chi connectivity index (χ4n) is 4.05. The van der Waals surface area contributed by atoms with Crippen LogP contribution in [0.5, 0.6) is 11.5 Å². The lowest BCUT2D eigenvalue weighted by Gasteiger charge is -2.18. The van der Waals surface area contributed by atoms with Crippen molar-refractivity contribution in [1.29, 1.82) is 10.8 Å². The minimum atomic E-state index is -0.732. The Morgan fingerprint density at radius 3 is 1.62 bits per heavy atom. The first kappa shape index (κ1) is 74.8. The highest BCUT2D eigenvalue weighted by Gasteiger charge is 2.23. The lowest BCUT2D eigenvalue weighted by Crippen LogP contribution is -2.24. The van der Waals surface area contributed by atoms with Gasteiger partial charge in [0.1, 0.15) is 26.5 Å². The Morgan fingerprint density at radius 1 is 0.734 bits per heavy atom. The second kappa shape index (κ2) is 56.4. The van der Waals surface area contributed by atoms with E-state index >= 15 is 0 Å². The molecule has 1 aromatic heterocycles. The fourth-order valence-corrected chi connectivity index (χ4v) is 4.05. The van der Waals surface area contributed by atoms with E-state index in [-0.39, 0.29) is 67.5 Å².